The number of benzene rings is 4. The molecule has 72 heavy (non-hydrogen) atoms. The Hall–Kier alpha value is -3.48. The van der Waals surface area contributed by atoms with Crippen LogP contribution in [0.3, 0.4) is 0 Å². The predicted molar refractivity (Wildman–Crippen MR) is 292 cm³/mol. The fourth-order valence-corrected chi connectivity index (χ4v) is 15.3. The minimum atomic E-state index is -3.71. The van der Waals surface area contributed by atoms with Gasteiger partial charge in [0, 0.05) is 52.4 Å². The SMILES string of the molecule is Cc1ccc(S(=O)(=O)N2CCCCCCCN(S(=O)(=O)c3ccc(C)cc3)CCCCCCCN(S(=O)(=O)c3ccc(C)cc3)CCCCCCCN(S(=O)(=O)c3ccc(C)cc3)CCCCCCC2)cc1. The summed E-state index contributed by atoms with van der Waals surface area (Å²) in [4.78, 5) is 1.16. The Morgan fingerprint density at radius 2 is 0.347 bits per heavy atom. The Morgan fingerprint density at radius 3 is 0.486 bits per heavy atom. The molecule has 4 aromatic carbocycles. The van der Waals surface area contributed by atoms with Crippen LogP contribution in [-0.2, 0) is 40.1 Å². The number of hydrogen-bond acceptors (Lipinski definition) is 8. The lowest BCUT2D eigenvalue weighted by molar-refractivity contribution is 0.365. The molecule has 0 saturated carbocycles. The molecule has 5 rings (SSSR count). The van der Waals surface area contributed by atoms with E-state index in [1.807, 2.05) is 76.2 Å². The molecule has 1 saturated heterocycles. The summed E-state index contributed by atoms with van der Waals surface area (Å²) in [5.41, 5.74) is 3.96. The van der Waals surface area contributed by atoms with Crippen molar-refractivity contribution in [3.05, 3.63) is 119 Å². The van der Waals surface area contributed by atoms with Gasteiger partial charge in [-0.3, -0.25) is 0 Å². The van der Waals surface area contributed by atoms with Gasteiger partial charge in [0.1, 0.15) is 0 Å². The number of sulfonamides is 4. The highest BCUT2D eigenvalue weighted by Gasteiger charge is 2.28. The van der Waals surface area contributed by atoms with Crippen molar-refractivity contribution in [2.45, 2.75) is 176 Å². The van der Waals surface area contributed by atoms with Crippen LogP contribution in [0.5, 0.6) is 0 Å². The van der Waals surface area contributed by atoms with Gasteiger partial charge in [-0.05, 0) is 128 Å². The van der Waals surface area contributed by atoms with Gasteiger partial charge in [-0.25, -0.2) is 33.7 Å². The van der Waals surface area contributed by atoms with Gasteiger partial charge < -0.3 is 0 Å². The maximum atomic E-state index is 14.0. The second kappa shape index (κ2) is 29.6. The second-order valence-electron chi connectivity index (χ2n) is 19.9. The summed E-state index contributed by atoms with van der Waals surface area (Å²) in [6.07, 6.45) is 15.5. The molecule has 1 fully saturated rings. The molecule has 400 valence electrons. The van der Waals surface area contributed by atoms with Crippen LogP contribution in [0.15, 0.2) is 117 Å². The molecule has 0 unspecified atom stereocenters. The fourth-order valence-electron chi connectivity index (χ4n) is 9.27. The summed E-state index contributed by atoms with van der Waals surface area (Å²) in [5.74, 6) is 0. The first-order chi connectivity index (χ1) is 34.4. The number of hydrogen-bond donors (Lipinski definition) is 0. The summed E-state index contributed by atoms with van der Waals surface area (Å²) >= 11 is 0. The summed E-state index contributed by atoms with van der Waals surface area (Å²) in [5, 5.41) is 0. The maximum absolute atomic E-state index is 14.0. The summed E-state index contributed by atoms with van der Waals surface area (Å²) in [6.45, 7) is 10.9. The van der Waals surface area contributed by atoms with Crippen LogP contribution < -0.4 is 0 Å². The van der Waals surface area contributed by atoms with E-state index >= 15 is 0 Å². The van der Waals surface area contributed by atoms with Gasteiger partial charge in [-0.15, -0.1) is 0 Å². The first-order valence-electron chi connectivity index (χ1n) is 26.7. The van der Waals surface area contributed by atoms with E-state index in [9.17, 15) is 33.7 Å². The van der Waals surface area contributed by atoms with Crippen molar-refractivity contribution in [1.29, 1.82) is 0 Å². The lowest BCUT2D eigenvalue weighted by Crippen LogP contribution is -2.33. The predicted octanol–water partition coefficient (Wildman–Crippen LogP) is 11.8. The quantitative estimate of drug-likeness (QED) is 0.169. The van der Waals surface area contributed by atoms with Crippen LogP contribution in [0, 0.1) is 27.7 Å². The molecule has 0 bridgehead atoms. The third-order valence-corrected chi connectivity index (χ3v) is 21.5. The van der Waals surface area contributed by atoms with Crippen molar-refractivity contribution >= 4 is 40.1 Å². The smallest absolute Gasteiger partial charge is 0.207 e. The van der Waals surface area contributed by atoms with Crippen LogP contribution in [0.2, 0.25) is 0 Å². The Morgan fingerprint density at radius 1 is 0.222 bits per heavy atom. The van der Waals surface area contributed by atoms with E-state index in [4.69, 9.17) is 0 Å². The van der Waals surface area contributed by atoms with Crippen LogP contribution >= 0.6 is 0 Å². The van der Waals surface area contributed by atoms with E-state index in [0.717, 1.165) is 99.3 Å². The zero-order chi connectivity index (χ0) is 52.0. The number of rotatable bonds is 8. The molecule has 4 aromatic rings. The topological polar surface area (TPSA) is 150 Å². The lowest BCUT2D eigenvalue weighted by Gasteiger charge is -2.24. The average molecular weight is 1070 g/mol. The highest BCUT2D eigenvalue weighted by atomic mass is 32.2. The van der Waals surface area contributed by atoms with Gasteiger partial charge >= 0.3 is 0 Å². The average Bonchev–Trinajstić information content (AvgIpc) is 3.34. The van der Waals surface area contributed by atoms with Crippen molar-refractivity contribution in [2.75, 3.05) is 52.4 Å². The molecule has 16 heteroatoms. The lowest BCUT2D eigenvalue weighted by atomic mass is 10.1. The third kappa shape index (κ3) is 18.4. The monoisotopic (exact) mass is 1070 g/mol. The van der Waals surface area contributed by atoms with E-state index in [1.165, 1.54) is 0 Å². The highest BCUT2D eigenvalue weighted by molar-refractivity contribution is 7.90. The molecule has 0 radical (unpaired) electrons. The Bertz CT molecular complexity index is 2260. The normalized spacial score (nSPS) is 19.2. The number of nitrogens with zero attached hydrogens (tertiary/aromatic N) is 4. The van der Waals surface area contributed by atoms with Gasteiger partial charge in [-0.1, -0.05) is 148 Å². The standard InChI is InChI=1S/C56H84N4O8S4/c1-49-25-33-53(34-26-49)69(61,62)57-41-17-9-5-11-19-43-58(70(63,64)54-35-27-50(2)28-36-54)45-21-13-7-15-23-47-60(72(67,68)56-39-31-52(4)32-40-56)48-24-16-8-14-22-46-59(44-20-12-6-10-18-42-57)71(65,66)55-37-29-51(3)30-38-55/h25-40H,5-24,41-48H2,1-4H3. The molecule has 1 aliphatic rings. The van der Waals surface area contributed by atoms with Gasteiger partial charge in [0.05, 0.1) is 19.6 Å². The van der Waals surface area contributed by atoms with E-state index in [-0.39, 0.29) is 19.6 Å². The van der Waals surface area contributed by atoms with Crippen molar-refractivity contribution in [1.82, 2.24) is 17.2 Å². The van der Waals surface area contributed by atoms with Crippen molar-refractivity contribution in [2.24, 2.45) is 0 Å². The zero-order valence-electron chi connectivity index (χ0n) is 43.7. The Kier molecular flexibility index (Phi) is 24.4. The molecule has 1 aliphatic heterocycles. The van der Waals surface area contributed by atoms with Crippen LogP contribution in [0.25, 0.3) is 0 Å². The summed E-state index contributed by atoms with van der Waals surface area (Å²) < 4.78 is 118. The Labute approximate surface area is 435 Å². The van der Waals surface area contributed by atoms with Crippen LogP contribution in [0.1, 0.15) is 151 Å². The van der Waals surface area contributed by atoms with Crippen molar-refractivity contribution in [3.8, 4) is 0 Å². The first kappa shape index (κ1) is 59.4. The summed E-state index contributed by atoms with van der Waals surface area (Å²) in [7, 11) is -14.9. The maximum Gasteiger partial charge on any atom is 0.243 e. The van der Waals surface area contributed by atoms with E-state index < -0.39 is 40.1 Å². The van der Waals surface area contributed by atoms with Gasteiger partial charge in [0.2, 0.25) is 40.1 Å². The van der Waals surface area contributed by atoms with Gasteiger partial charge in [0.15, 0.2) is 0 Å². The molecular formula is C56H84N4O8S4. The molecule has 0 aliphatic carbocycles. The molecule has 0 spiro atoms. The van der Waals surface area contributed by atoms with Crippen molar-refractivity contribution in [3.63, 3.8) is 0 Å². The van der Waals surface area contributed by atoms with E-state index in [1.54, 1.807) is 65.8 Å². The fraction of sp³-hybridized carbons (Fsp3) is 0.571. The van der Waals surface area contributed by atoms with Crippen LogP contribution in [-0.4, -0.2) is 103 Å². The van der Waals surface area contributed by atoms with Gasteiger partial charge in [-0.2, -0.15) is 17.2 Å². The molecular weight excluding hydrogens is 985 g/mol. The molecule has 0 amide bonds. The minimum Gasteiger partial charge on any atom is -0.207 e. The molecule has 12 nitrogen and oxygen atoms in total. The molecule has 1 heterocycles. The Balaban J connectivity index is 1.27. The minimum absolute atomic E-state index is 0.289. The van der Waals surface area contributed by atoms with Gasteiger partial charge in [0.25, 0.3) is 0 Å². The van der Waals surface area contributed by atoms with E-state index in [2.05, 4.69) is 0 Å². The highest BCUT2D eigenvalue weighted by Crippen LogP contribution is 2.24. The third-order valence-electron chi connectivity index (χ3n) is 13.9. The summed E-state index contributed by atoms with van der Waals surface area (Å²) in [6, 6.07) is 28.0. The number of aryl methyl sites for hydroxylation is 4. The molecule has 0 N–H and O–H groups in total. The van der Waals surface area contributed by atoms with Crippen LogP contribution in [0.4, 0.5) is 0 Å². The zero-order valence-corrected chi connectivity index (χ0v) is 47.0. The van der Waals surface area contributed by atoms with E-state index in [0.29, 0.717) is 104 Å². The largest absolute Gasteiger partial charge is 0.243 e. The van der Waals surface area contributed by atoms with Crippen molar-refractivity contribution < 1.29 is 33.7 Å². The molecule has 0 atom stereocenters. The first-order valence-corrected chi connectivity index (χ1v) is 32.5. The second-order valence-corrected chi connectivity index (χ2v) is 27.7. The molecule has 0 aromatic heterocycles.